The minimum Gasteiger partial charge on any atom is -0.412 e. The molecule has 2 aliphatic heterocycles. The molecule has 0 aromatic heterocycles. The van der Waals surface area contributed by atoms with Crippen molar-refractivity contribution >= 4 is 14.2 Å². The number of hydrogen-bond acceptors (Lipinski definition) is 2. The van der Waals surface area contributed by atoms with Crippen LogP contribution in [-0.4, -0.2) is 37.8 Å². The summed E-state index contributed by atoms with van der Waals surface area (Å²) in [7, 11) is -1.81. The van der Waals surface area contributed by atoms with Gasteiger partial charge in [-0.25, -0.2) is 0 Å². The molecule has 0 bridgehead atoms. The molecule has 4 heteroatoms. The third kappa shape index (κ3) is 3.48. The maximum Gasteiger partial charge on any atom is 0.249 e. The van der Waals surface area contributed by atoms with Gasteiger partial charge in [0.05, 0.1) is 12.1 Å². The molecule has 0 aliphatic carbocycles. The first-order chi connectivity index (χ1) is 10.0. The molecule has 2 heterocycles. The highest BCUT2D eigenvalue weighted by Crippen LogP contribution is 2.41. The Morgan fingerprint density at radius 3 is 2.50 bits per heavy atom. The second-order valence-electron chi connectivity index (χ2n) is 8.76. The van der Waals surface area contributed by atoms with E-state index in [1.54, 1.807) is 0 Å². The van der Waals surface area contributed by atoms with E-state index in [0.717, 1.165) is 31.4 Å². The fraction of sp³-hybridized carbons (Fsp3) is 0.833. The molecule has 2 atom stereocenters. The zero-order valence-electron chi connectivity index (χ0n) is 15.4. The fourth-order valence-electron chi connectivity index (χ4n) is 3.27. The quantitative estimate of drug-likeness (QED) is 0.571. The van der Waals surface area contributed by atoms with E-state index in [9.17, 15) is 4.79 Å². The minimum atomic E-state index is -1.81. The van der Waals surface area contributed by atoms with Crippen molar-refractivity contribution in [2.75, 3.05) is 6.54 Å². The Labute approximate surface area is 137 Å². The predicted molar refractivity (Wildman–Crippen MR) is 94.3 cm³/mol. The SMILES string of the molecule is CC(C)/C=C1/C[C@@H](O[Si](C)(C)C(C)(C)C)[C@@H]2CCCN2C1=O. The van der Waals surface area contributed by atoms with E-state index in [1.165, 1.54) is 0 Å². The smallest absolute Gasteiger partial charge is 0.249 e. The lowest BCUT2D eigenvalue weighted by atomic mass is 9.93. The first-order valence-electron chi connectivity index (χ1n) is 8.72. The zero-order chi connectivity index (χ0) is 16.7. The summed E-state index contributed by atoms with van der Waals surface area (Å²) in [5, 5.41) is 0.208. The molecule has 0 aromatic carbocycles. The Morgan fingerprint density at radius 2 is 1.95 bits per heavy atom. The molecular formula is C18H33NO2Si. The van der Waals surface area contributed by atoms with Crippen molar-refractivity contribution in [3.05, 3.63) is 11.6 Å². The second kappa shape index (κ2) is 6.12. The molecular weight excluding hydrogens is 290 g/mol. The van der Waals surface area contributed by atoms with Crippen molar-refractivity contribution in [1.82, 2.24) is 4.90 Å². The van der Waals surface area contributed by atoms with Gasteiger partial charge in [0.15, 0.2) is 8.32 Å². The van der Waals surface area contributed by atoms with Gasteiger partial charge in [0.25, 0.3) is 0 Å². The van der Waals surface area contributed by atoms with Crippen molar-refractivity contribution < 1.29 is 9.22 Å². The Bertz CT molecular complexity index is 462. The molecule has 3 nitrogen and oxygen atoms in total. The number of rotatable bonds is 3. The highest BCUT2D eigenvalue weighted by molar-refractivity contribution is 6.74. The van der Waals surface area contributed by atoms with Gasteiger partial charge in [-0.1, -0.05) is 40.7 Å². The van der Waals surface area contributed by atoms with Gasteiger partial charge in [-0.2, -0.15) is 0 Å². The minimum absolute atomic E-state index is 0.186. The van der Waals surface area contributed by atoms with E-state index in [4.69, 9.17) is 4.43 Å². The molecule has 0 N–H and O–H groups in total. The van der Waals surface area contributed by atoms with Gasteiger partial charge >= 0.3 is 0 Å². The predicted octanol–water partition coefficient (Wildman–Crippen LogP) is 4.35. The van der Waals surface area contributed by atoms with Crippen LogP contribution in [0.4, 0.5) is 0 Å². The van der Waals surface area contributed by atoms with Gasteiger partial charge in [0, 0.05) is 18.5 Å². The van der Waals surface area contributed by atoms with E-state index < -0.39 is 8.32 Å². The Balaban J connectivity index is 2.24. The Hall–Kier alpha value is -0.613. The monoisotopic (exact) mass is 323 g/mol. The van der Waals surface area contributed by atoms with Crippen LogP contribution in [0.5, 0.6) is 0 Å². The number of carbonyl (C=O) groups excluding carboxylic acids is 1. The normalized spacial score (nSPS) is 28.6. The summed E-state index contributed by atoms with van der Waals surface area (Å²) < 4.78 is 6.72. The average Bonchev–Trinajstić information content (AvgIpc) is 2.82. The number of amides is 1. The third-order valence-corrected chi connectivity index (χ3v) is 9.98. The summed E-state index contributed by atoms with van der Waals surface area (Å²) in [6.45, 7) is 16.7. The van der Waals surface area contributed by atoms with E-state index in [2.05, 4.69) is 58.7 Å². The molecule has 2 saturated heterocycles. The molecule has 1 amide bonds. The maximum atomic E-state index is 12.7. The molecule has 0 radical (unpaired) electrons. The molecule has 0 aromatic rings. The molecule has 22 heavy (non-hydrogen) atoms. The number of hydrogen-bond donors (Lipinski definition) is 0. The van der Waals surface area contributed by atoms with Gasteiger partial charge < -0.3 is 9.33 Å². The summed E-state index contributed by atoms with van der Waals surface area (Å²) in [6, 6.07) is 0.297. The number of piperidine rings is 1. The average molecular weight is 324 g/mol. The van der Waals surface area contributed by atoms with Crippen LogP contribution >= 0.6 is 0 Å². The topological polar surface area (TPSA) is 29.5 Å². The zero-order valence-corrected chi connectivity index (χ0v) is 16.4. The lowest BCUT2D eigenvalue weighted by molar-refractivity contribution is -0.133. The largest absolute Gasteiger partial charge is 0.412 e. The number of carbonyl (C=O) groups is 1. The van der Waals surface area contributed by atoms with Gasteiger partial charge in [-0.3, -0.25) is 4.79 Å². The van der Waals surface area contributed by atoms with Crippen molar-refractivity contribution in [3.8, 4) is 0 Å². The van der Waals surface area contributed by atoms with Crippen molar-refractivity contribution in [1.29, 1.82) is 0 Å². The van der Waals surface area contributed by atoms with Gasteiger partial charge in [-0.05, 0) is 36.9 Å². The Kier molecular flexibility index (Phi) is 4.93. The summed E-state index contributed by atoms with van der Waals surface area (Å²) in [5.41, 5.74) is 0.969. The summed E-state index contributed by atoms with van der Waals surface area (Å²) >= 11 is 0. The lowest BCUT2D eigenvalue weighted by Gasteiger charge is -2.45. The molecule has 2 rings (SSSR count). The van der Waals surface area contributed by atoms with E-state index in [1.807, 2.05) is 0 Å². The lowest BCUT2D eigenvalue weighted by Crippen LogP contribution is -2.54. The van der Waals surface area contributed by atoms with Crippen LogP contribution in [0.3, 0.4) is 0 Å². The summed E-state index contributed by atoms with van der Waals surface area (Å²) in [4.78, 5) is 14.7. The summed E-state index contributed by atoms with van der Waals surface area (Å²) in [5.74, 6) is 0.665. The van der Waals surface area contributed by atoms with Gasteiger partial charge in [0.2, 0.25) is 5.91 Å². The van der Waals surface area contributed by atoms with Gasteiger partial charge in [0.1, 0.15) is 0 Å². The Morgan fingerprint density at radius 1 is 1.32 bits per heavy atom. The standard InChI is InChI=1S/C18H33NO2Si/c1-13(2)11-14-12-16(21-22(6,7)18(3,4)5)15-9-8-10-19(15)17(14)20/h11,13,15-16H,8-10,12H2,1-7H3/b14-11-/t15-,16+/m0/s1. The fourth-order valence-corrected chi connectivity index (χ4v) is 4.62. The maximum absolute atomic E-state index is 12.7. The highest BCUT2D eigenvalue weighted by Gasteiger charge is 2.46. The number of allylic oxidation sites excluding steroid dienone is 1. The van der Waals surface area contributed by atoms with Crippen LogP contribution < -0.4 is 0 Å². The van der Waals surface area contributed by atoms with Crippen LogP contribution in [0.2, 0.25) is 18.1 Å². The molecule has 0 saturated carbocycles. The third-order valence-electron chi connectivity index (χ3n) is 5.47. The molecule has 2 aliphatic rings. The van der Waals surface area contributed by atoms with E-state index in [0.29, 0.717) is 12.0 Å². The van der Waals surface area contributed by atoms with Crippen LogP contribution in [-0.2, 0) is 9.22 Å². The highest BCUT2D eigenvalue weighted by atomic mass is 28.4. The van der Waals surface area contributed by atoms with E-state index >= 15 is 0 Å². The van der Waals surface area contributed by atoms with Crippen LogP contribution in [0, 0.1) is 5.92 Å². The van der Waals surface area contributed by atoms with Crippen LogP contribution in [0.1, 0.15) is 53.9 Å². The van der Waals surface area contributed by atoms with E-state index in [-0.39, 0.29) is 17.0 Å². The summed E-state index contributed by atoms with van der Waals surface area (Å²) in [6.07, 6.45) is 5.33. The number of nitrogens with zero attached hydrogens (tertiary/aromatic N) is 1. The molecule has 0 spiro atoms. The molecule has 2 fully saturated rings. The first-order valence-corrected chi connectivity index (χ1v) is 11.6. The van der Waals surface area contributed by atoms with Crippen molar-refractivity contribution in [2.45, 2.75) is 84.2 Å². The van der Waals surface area contributed by atoms with Crippen LogP contribution in [0.15, 0.2) is 11.6 Å². The molecule has 0 unspecified atom stereocenters. The first kappa shape index (κ1) is 17.7. The second-order valence-corrected chi connectivity index (χ2v) is 13.5. The number of fused-ring (bicyclic) bond motifs is 1. The van der Waals surface area contributed by atoms with Crippen molar-refractivity contribution in [3.63, 3.8) is 0 Å². The van der Waals surface area contributed by atoms with Crippen molar-refractivity contribution in [2.24, 2.45) is 5.92 Å². The molecule has 126 valence electrons. The van der Waals surface area contributed by atoms with Gasteiger partial charge in [-0.15, -0.1) is 0 Å². The van der Waals surface area contributed by atoms with Crippen LogP contribution in [0.25, 0.3) is 0 Å².